The van der Waals surface area contributed by atoms with E-state index in [4.69, 9.17) is 11.6 Å². The number of halogens is 1. The molecular formula is C22H29ClN2O3S. The van der Waals surface area contributed by atoms with Gasteiger partial charge >= 0.3 is 0 Å². The summed E-state index contributed by atoms with van der Waals surface area (Å²) >= 11 is 6.08. The number of carbonyl (C=O) groups is 1. The summed E-state index contributed by atoms with van der Waals surface area (Å²) in [5.74, 6) is -0.362. The van der Waals surface area contributed by atoms with Gasteiger partial charge < -0.3 is 5.32 Å². The smallest absolute Gasteiger partial charge is 0.243 e. The average molecular weight is 437 g/mol. The standard InChI is InChI=1S/C22H29ClN2O3S/c1-6-17-9-10-18(7-2)19(12-17)14-24-22(26)16(4)25(29(5,27)28)21-13-20(23)11-8-15(21)3/h8-13,16H,6-7,14H2,1-5H3,(H,24,26)/t16-/m1/s1. The van der Waals surface area contributed by atoms with E-state index >= 15 is 0 Å². The first-order valence-electron chi connectivity index (χ1n) is 9.72. The maximum absolute atomic E-state index is 12.9. The molecular weight excluding hydrogens is 408 g/mol. The predicted molar refractivity (Wildman–Crippen MR) is 120 cm³/mol. The fourth-order valence-corrected chi connectivity index (χ4v) is 4.73. The van der Waals surface area contributed by atoms with Gasteiger partial charge in [0.1, 0.15) is 6.04 Å². The third-order valence-corrected chi connectivity index (χ3v) is 6.47. The van der Waals surface area contributed by atoms with Crippen molar-refractivity contribution in [1.82, 2.24) is 5.32 Å². The van der Waals surface area contributed by atoms with E-state index in [0.29, 0.717) is 17.3 Å². The first-order chi connectivity index (χ1) is 13.6. The van der Waals surface area contributed by atoms with Crippen LogP contribution in [-0.2, 0) is 34.2 Å². The molecule has 0 saturated heterocycles. The molecule has 5 nitrogen and oxygen atoms in total. The highest BCUT2D eigenvalue weighted by Crippen LogP contribution is 2.28. The zero-order valence-electron chi connectivity index (χ0n) is 17.6. The summed E-state index contributed by atoms with van der Waals surface area (Å²) in [5, 5.41) is 3.32. The highest BCUT2D eigenvalue weighted by molar-refractivity contribution is 7.92. The lowest BCUT2D eigenvalue weighted by molar-refractivity contribution is -0.122. The molecule has 0 heterocycles. The molecule has 0 saturated carbocycles. The summed E-state index contributed by atoms with van der Waals surface area (Å²) in [6.07, 6.45) is 2.87. The molecule has 1 amide bonds. The summed E-state index contributed by atoms with van der Waals surface area (Å²) in [6, 6.07) is 10.4. The molecule has 1 atom stereocenters. The van der Waals surface area contributed by atoms with E-state index in [-0.39, 0.29) is 5.91 Å². The third-order valence-electron chi connectivity index (χ3n) is 5.01. The highest BCUT2D eigenvalue weighted by Gasteiger charge is 2.30. The molecule has 0 fully saturated rings. The molecule has 0 aliphatic rings. The number of hydrogen-bond donors (Lipinski definition) is 1. The van der Waals surface area contributed by atoms with E-state index in [9.17, 15) is 13.2 Å². The first kappa shape index (κ1) is 23.2. The van der Waals surface area contributed by atoms with Gasteiger partial charge in [-0.05, 0) is 61.1 Å². The zero-order valence-corrected chi connectivity index (χ0v) is 19.2. The fourth-order valence-electron chi connectivity index (χ4n) is 3.34. The minimum absolute atomic E-state index is 0.353. The van der Waals surface area contributed by atoms with Gasteiger partial charge in [0.05, 0.1) is 11.9 Å². The van der Waals surface area contributed by atoms with Crippen molar-refractivity contribution in [2.75, 3.05) is 10.6 Å². The number of amides is 1. The number of sulfonamides is 1. The van der Waals surface area contributed by atoms with Crippen molar-refractivity contribution in [3.63, 3.8) is 0 Å². The minimum Gasteiger partial charge on any atom is -0.350 e. The monoisotopic (exact) mass is 436 g/mol. The number of nitrogens with one attached hydrogen (secondary N) is 1. The van der Waals surface area contributed by atoms with Crippen LogP contribution in [0, 0.1) is 6.92 Å². The minimum atomic E-state index is -3.69. The van der Waals surface area contributed by atoms with E-state index < -0.39 is 16.1 Å². The Kier molecular flexibility index (Phi) is 7.72. The van der Waals surface area contributed by atoms with Gasteiger partial charge in [0.25, 0.3) is 0 Å². The third kappa shape index (κ3) is 5.73. The summed E-state index contributed by atoms with van der Waals surface area (Å²) in [5.41, 5.74) is 4.55. The molecule has 7 heteroatoms. The van der Waals surface area contributed by atoms with Crippen LogP contribution in [0.4, 0.5) is 5.69 Å². The Balaban J connectivity index is 2.28. The van der Waals surface area contributed by atoms with Crippen molar-refractivity contribution < 1.29 is 13.2 Å². The van der Waals surface area contributed by atoms with Crippen molar-refractivity contribution in [3.05, 3.63) is 63.7 Å². The maximum atomic E-state index is 12.9. The molecule has 2 aromatic carbocycles. The van der Waals surface area contributed by atoms with Crippen LogP contribution < -0.4 is 9.62 Å². The predicted octanol–water partition coefficient (Wildman–Crippen LogP) is 4.24. The quantitative estimate of drug-likeness (QED) is 0.672. The van der Waals surface area contributed by atoms with Gasteiger partial charge in [-0.25, -0.2) is 8.42 Å². The average Bonchev–Trinajstić information content (AvgIpc) is 2.67. The number of carbonyl (C=O) groups excluding carboxylic acids is 1. The Morgan fingerprint density at radius 1 is 1.10 bits per heavy atom. The molecule has 29 heavy (non-hydrogen) atoms. The van der Waals surface area contributed by atoms with E-state index in [1.54, 1.807) is 32.0 Å². The lowest BCUT2D eigenvalue weighted by Gasteiger charge is -2.29. The van der Waals surface area contributed by atoms with Crippen LogP contribution >= 0.6 is 11.6 Å². The largest absolute Gasteiger partial charge is 0.350 e. The molecule has 0 aliphatic carbocycles. The second kappa shape index (κ2) is 9.63. The normalized spacial score (nSPS) is 12.5. The lowest BCUT2D eigenvalue weighted by Crippen LogP contribution is -2.48. The Morgan fingerprint density at radius 3 is 2.38 bits per heavy atom. The van der Waals surface area contributed by atoms with Crippen LogP contribution in [-0.4, -0.2) is 26.6 Å². The summed E-state index contributed by atoms with van der Waals surface area (Å²) < 4.78 is 26.1. The number of aryl methyl sites for hydroxylation is 3. The molecule has 2 aromatic rings. The molecule has 0 bridgehead atoms. The van der Waals surface area contributed by atoms with E-state index in [1.165, 1.54) is 11.1 Å². The Labute approximate surface area is 179 Å². The van der Waals surface area contributed by atoms with Crippen LogP contribution in [0.5, 0.6) is 0 Å². The van der Waals surface area contributed by atoms with Gasteiger partial charge in [-0.1, -0.05) is 49.7 Å². The van der Waals surface area contributed by atoms with Gasteiger partial charge in [-0.2, -0.15) is 0 Å². The molecule has 158 valence electrons. The number of anilines is 1. The van der Waals surface area contributed by atoms with Gasteiger partial charge in [0.2, 0.25) is 15.9 Å². The lowest BCUT2D eigenvalue weighted by atomic mass is 10.0. The van der Waals surface area contributed by atoms with Gasteiger partial charge in [0, 0.05) is 11.6 Å². The second-order valence-electron chi connectivity index (χ2n) is 7.19. The Bertz CT molecular complexity index is 990. The van der Waals surface area contributed by atoms with Crippen LogP contribution in [0.25, 0.3) is 0 Å². The summed E-state index contributed by atoms with van der Waals surface area (Å²) in [4.78, 5) is 12.9. The van der Waals surface area contributed by atoms with Crippen molar-refractivity contribution in [1.29, 1.82) is 0 Å². The fraction of sp³-hybridized carbons (Fsp3) is 0.409. The number of hydrogen-bond acceptors (Lipinski definition) is 3. The summed E-state index contributed by atoms with van der Waals surface area (Å²) in [6.45, 7) is 7.88. The second-order valence-corrected chi connectivity index (χ2v) is 9.49. The molecule has 0 unspecified atom stereocenters. The van der Waals surface area contributed by atoms with E-state index in [1.807, 2.05) is 0 Å². The van der Waals surface area contributed by atoms with Gasteiger partial charge in [0.15, 0.2) is 0 Å². The van der Waals surface area contributed by atoms with Crippen LogP contribution in [0.3, 0.4) is 0 Å². The Hall–Kier alpha value is -2.05. The topological polar surface area (TPSA) is 66.5 Å². The van der Waals surface area contributed by atoms with E-state index in [2.05, 4.69) is 37.4 Å². The SMILES string of the molecule is CCc1ccc(CC)c(CNC(=O)[C@@H](C)N(c2cc(Cl)ccc2C)S(C)(=O)=O)c1. The van der Waals surface area contributed by atoms with Crippen LogP contribution in [0.1, 0.15) is 43.0 Å². The van der Waals surface area contributed by atoms with Gasteiger partial charge in [-0.15, -0.1) is 0 Å². The number of benzene rings is 2. The molecule has 1 N–H and O–H groups in total. The maximum Gasteiger partial charge on any atom is 0.243 e. The molecule has 0 radical (unpaired) electrons. The van der Waals surface area contributed by atoms with Crippen molar-refractivity contribution in [2.45, 2.75) is 53.1 Å². The summed E-state index contributed by atoms with van der Waals surface area (Å²) in [7, 11) is -3.69. The van der Waals surface area contributed by atoms with Crippen LogP contribution in [0.2, 0.25) is 5.02 Å². The molecule has 0 spiro atoms. The zero-order chi connectivity index (χ0) is 21.8. The molecule has 2 rings (SSSR count). The van der Waals surface area contributed by atoms with Crippen molar-refractivity contribution in [2.24, 2.45) is 0 Å². The van der Waals surface area contributed by atoms with Crippen molar-refractivity contribution in [3.8, 4) is 0 Å². The molecule has 0 aliphatic heterocycles. The number of nitrogens with zero attached hydrogens (tertiary/aromatic N) is 1. The highest BCUT2D eigenvalue weighted by atomic mass is 35.5. The first-order valence-corrected chi connectivity index (χ1v) is 11.9. The van der Waals surface area contributed by atoms with Crippen LogP contribution in [0.15, 0.2) is 36.4 Å². The van der Waals surface area contributed by atoms with Gasteiger partial charge in [-0.3, -0.25) is 9.10 Å². The molecule has 0 aromatic heterocycles. The van der Waals surface area contributed by atoms with E-state index in [0.717, 1.165) is 34.5 Å². The Morgan fingerprint density at radius 2 is 1.79 bits per heavy atom. The van der Waals surface area contributed by atoms with Crippen molar-refractivity contribution >= 4 is 33.2 Å². The number of rotatable bonds is 8.